The summed E-state index contributed by atoms with van der Waals surface area (Å²) < 4.78 is 0. The predicted molar refractivity (Wildman–Crippen MR) is 105 cm³/mol. The van der Waals surface area contributed by atoms with Crippen molar-refractivity contribution in [3.63, 3.8) is 0 Å². The zero-order valence-electron chi connectivity index (χ0n) is 14.9. The van der Waals surface area contributed by atoms with Crippen LogP contribution >= 0.6 is 11.6 Å². The van der Waals surface area contributed by atoms with Crippen LogP contribution in [0.2, 0.25) is 5.02 Å². The number of carbonyl (C=O) groups excluding carboxylic acids is 2. The molecule has 140 valence electrons. The van der Waals surface area contributed by atoms with E-state index in [2.05, 4.69) is 9.88 Å². The number of aromatic nitrogens is 1. The number of rotatable bonds is 3. The maximum Gasteiger partial charge on any atom is 0.228 e. The summed E-state index contributed by atoms with van der Waals surface area (Å²) in [6.07, 6.45) is 2.02. The van der Waals surface area contributed by atoms with E-state index in [0.717, 1.165) is 18.9 Å². The molecule has 1 unspecified atom stereocenters. The maximum absolute atomic E-state index is 12.9. The molecule has 2 aromatic rings. The SMILES string of the molecule is O=C(C1CC(=O)N(c2ccccc2Cl)C1)N1CCN(c2ccccn2)CC1. The second-order valence-corrected chi connectivity index (χ2v) is 7.26. The van der Waals surface area contributed by atoms with Gasteiger partial charge in [-0.15, -0.1) is 0 Å². The fourth-order valence-electron chi connectivity index (χ4n) is 3.73. The summed E-state index contributed by atoms with van der Waals surface area (Å²) >= 11 is 6.22. The number of nitrogens with zero attached hydrogens (tertiary/aromatic N) is 4. The molecule has 0 spiro atoms. The highest BCUT2D eigenvalue weighted by molar-refractivity contribution is 6.33. The summed E-state index contributed by atoms with van der Waals surface area (Å²) in [5.74, 6) is 0.632. The van der Waals surface area contributed by atoms with Crippen molar-refractivity contribution in [3.8, 4) is 0 Å². The van der Waals surface area contributed by atoms with Gasteiger partial charge in [-0.3, -0.25) is 9.59 Å². The first kappa shape index (κ1) is 17.8. The lowest BCUT2D eigenvalue weighted by atomic mass is 10.1. The number of piperazine rings is 1. The molecule has 0 saturated carbocycles. The number of para-hydroxylation sites is 1. The van der Waals surface area contributed by atoms with Crippen LogP contribution in [-0.4, -0.2) is 54.4 Å². The van der Waals surface area contributed by atoms with Crippen LogP contribution in [0.15, 0.2) is 48.7 Å². The van der Waals surface area contributed by atoms with E-state index in [0.29, 0.717) is 30.3 Å². The molecule has 2 aliphatic heterocycles. The molecule has 1 aromatic carbocycles. The van der Waals surface area contributed by atoms with Gasteiger partial charge in [0, 0.05) is 45.3 Å². The Morgan fingerprint density at radius 3 is 2.48 bits per heavy atom. The molecule has 2 aliphatic rings. The summed E-state index contributed by atoms with van der Waals surface area (Å²) in [5.41, 5.74) is 0.680. The summed E-state index contributed by atoms with van der Waals surface area (Å²) in [4.78, 5) is 35.4. The molecule has 1 atom stereocenters. The van der Waals surface area contributed by atoms with Crippen LogP contribution in [0.4, 0.5) is 11.5 Å². The van der Waals surface area contributed by atoms with Gasteiger partial charge in [-0.25, -0.2) is 4.98 Å². The van der Waals surface area contributed by atoms with Gasteiger partial charge < -0.3 is 14.7 Å². The maximum atomic E-state index is 12.9. The molecular weight excluding hydrogens is 364 g/mol. The molecule has 1 aromatic heterocycles. The van der Waals surface area contributed by atoms with Crippen molar-refractivity contribution in [3.05, 3.63) is 53.7 Å². The Kier molecular flexibility index (Phi) is 4.99. The first-order valence-corrected chi connectivity index (χ1v) is 9.51. The number of pyridine rings is 1. The Labute approximate surface area is 163 Å². The number of hydrogen-bond acceptors (Lipinski definition) is 4. The number of carbonyl (C=O) groups is 2. The summed E-state index contributed by atoms with van der Waals surface area (Å²) in [6.45, 7) is 3.18. The summed E-state index contributed by atoms with van der Waals surface area (Å²) in [7, 11) is 0. The second-order valence-electron chi connectivity index (χ2n) is 6.86. The lowest BCUT2D eigenvalue weighted by molar-refractivity contribution is -0.136. The van der Waals surface area contributed by atoms with Crippen LogP contribution in [-0.2, 0) is 9.59 Å². The average molecular weight is 385 g/mol. The van der Waals surface area contributed by atoms with E-state index in [1.807, 2.05) is 41.3 Å². The highest BCUT2D eigenvalue weighted by atomic mass is 35.5. The highest BCUT2D eigenvalue weighted by Gasteiger charge is 2.38. The van der Waals surface area contributed by atoms with E-state index in [1.54, 1.807) is 17.2 Å². The molecule has 0 bridgehead atoms. The topological polar surface area (TPSA) is 56.8 Å². The second kappa shape index (κ2) is 7.56. The van der Waals surface area contributed by atoms with Crippen LogP contribution in [0.3, 0.4) is 0 Å². The van der Waals surface area contributed by atoms with E-state index in [4.69, 9.17) is 11.6 Å². The fourth-order valence-corrected chi connectivity index (χ4v) is 3.97. The van der Waals surface area contributed by atoms with Crippen LogP contribution in [0.5, 0.6) is 0 Å². The van der Waals surface area contributed by atoms with Crippen LogP contribution in [0, 0.1) is 5.92 Å². The molecular formula is C20H21ClN4O2. The molecule has 0 N–H and O–H groups in total. The fraction of sp³-hybridized carbons (Fsp3) is 0.350. The number of amides is 2. The monoisotopic (exact) mass is 384 g/mol. The molecule has 2 fully saturated rings. The summed E-state index contributed by atoms with van der Waals surface area (Å²) in [6, 6.07) is 13.1. The molecule has 27 heavy (non-hydrogen) atoms. The average Bonchev–Trinajstić information content (AvgIpc) is 3.10. The third-order valence-electron chi connectivity index (χ3n) is 5.18. The van der Waals surface area contributed by atoms with Crippen LogP contribution in [0.25, 0.3) is 0 Å². The van der Waals surface area contributed by atoms with Gasteiger partial charge >= 0.3 is 0 Å². The van der Waals surface area contributed by atoms with E-state index < -0.39 is 0 Å². The first-order valence-electron chi connectivity index (χ1n) is 9.13. The number of anilines is 2. The predicted octanol–water partition coefficient (Wildman–Crippen LogP) is 2.44. The number of hydrogen-bond donors (Lipinski definition) is 0. The van der Waals surface area contributed by atoms with Crippen molar-refractivity contribution in [2.75, 3.05) is 42.5 Å². The zero-order chi connectivity index (χ0) is 18.8. The van der Waals surface area contributed by atoms with Gasteiger partial charge in [0.15, 0.2) is 0 Å². The molecule has 7 heteroatoms. The van der Waals surface area contributed by atoms with E-state index in [1.165, 1.54) is 0 Å². The third kappa shape index (κ3) is 3.62. The Morgan fingerprint density at radius 2 is 1.78 bits per heavy atom. The molecule has 4 rings (SSSR count). The Morgan fingerprint density at radius 1 is 1.04 bits per heavy atom. The van der Waals surface area contributed by atoms with Gasteiger partial charge in [0.05, 0.1) is 16.6 Å². The molecule has 2 amide bonds. The van der Waals surface area contributed by atoms with Crippen molar-refractivity contribution < 1.29 is 9.59 Å². The quantitative estimate of drug-likeness (QED) is 0.815. The minimum Gasteiger partial charge on any atom is -0.353 e. The lowest BCUT2D eigenvalue weighted by Crippen LogP contribution is -2.51. The van der Waals surface area contributed by atoms with Crippen molar-refractivity contribution >= 4 is 34.9 Å². The Hall–Kier alpha value is -2.60. The Balaban J connectivity index is 1.38. The van der Waals surface area contributed by atoms with Gasteiger partial charge in [0.25, 0.3) is 0 Å². The molecule has 3 heterocycles. The zero-order valence-corrected chi connectivity index (χ0v) is 15.7. The van der Waals surface area contributed by atoms with Gasteiger partial charge in [-0.05, 0) is 24.3 Å². The van der Waals surface area contributed by atoms with Crippen molar-refractivity contribution in [1.29, 1.82) is 0 Å². The van der Waals surface area contributed by atoms with E-state index in [-0.39, 0.29) is 24.2 Å². The largest absolute Gasteiger partial charge is 0.353 e. The van der Waals surface area contributed by atoms with E-state index >= 15 is 0 Å². The van der Waals surface area contributed by atoms with Gasteiger partial charge in [0.1, 0.15) is 5.82 Å². The van der Waals surface area contributed by atoms with Crippen molar-refractivity contribution in [2.24, 2.45) is 5.92 Å². The molecule has 0 aliphatic carbocycles. The van der Waals surface area contributed by atoms with Crippen molar-refractivity contribution in [1.82, 2.24) is 9.88 Å². The van der Waals surface area contributed by atoms with E-state index in [9.17, 15) is 9.59 Å². The molecule has 2 saturated heterocycles. The standard InChI is InChI=1S/C20H21ClN4O2/c21-16-5-1-2-6-17(16)25-14-15(13-19(25)26)20(27)24-11-9-23(10-12-24)18-7-3-4-8-22-18/h1-8,15H,9-14H2. The van der Waals surface area contributed by atoms with Gasteiger partial charge in [-0.1, -0.05) is 29.8 Å². The van der Waals surface area contributed by atoms with Crippen molar-refractivity contribution in [2.45, 2.75) is 6.42 Å². The lowest BCUT2D eigenvalue weighted by Gasteiger charge is -2.36. The normalized spacial score (nSPS) is 20.3. The van der Waals surface area contributed by atoms with Crippen LogP contribution in [0.1, 0.15) is 6.42 Å². The van der Waals surface area contributed by atoms with Crippen LogP contribution < -0.4 is 9.80 Å². The minimum atomic E-state index is -0.310. The minimum absolute atomic E-state index is 0.0476. The van der Waals surface area contributed by atoms with Gasteiger partial charge in [-0.2, -0.15) is 0 Å². The molecule has 0 radical (unpaired) electrons. The number of benzene rings is 1. The van der Waals surface area contributed by atoms with Gasteiger partial charge in [0.2, 0.25) is 11.8 Å². The first-order chi connectivity index (χ1) is 13.1. The third-order valence-corrected chi connectivity index (χ3v) is 5.50. The molecule has 6 nitrogen and oxygen atoms in total. The number of halogens is 1. The highest BCUT2D eigenvalue weighted by Crippen LogP contribution is 2.31. The Bertz CT molecular complexity index is 837. The summed E-state index contributed by atoms with van der Waals surface area (Å²) in [5, 5.41) is 0.530. The smallest absolute Gasteiger partial charge is 0.228 e.